The molecule has 0 spiro atoms. The molecular formula is C26H35F3N4O8. The smallest absolute Gasteiger partial charge is 0.428 e. The van der Waals surface area contributed by atoms with E-state index in [2.05, 4.69) is 15.2 Å². The first-order valence-corrected chi connectivity index (χ1v) is 12.9. The molecule has 2 aromatic heterocycles. The van der Waals surface area contributed by atoms with Crippen LogP contribution in [0, 0.1) is 6.92 Å². The predicted octanol–water partition coefficient (Wildman–Crippen LogP) is 5.44. The molecule has 0 aliphatic carbocycles. The minimum atomic E-state index is -5.25. The molecule has 1 unspecified atom stereocenters. The number of carbonyl (C=O) groups is 2. The molecule has 41 heavy (non-hydrogen) atoms. The SMILES string of the molecule is Cc1cc(N(C(=O)OC(C)(C)C)C(=O)OC(C)(C)C)c2nc1O[C@H](C)CCCOCC(O)(C(F)(F)F)c1nnc-2o1. The maximum atomic E-state index is 14.0. The highest BCUT2D eigenvalue weighted by Crippen LogP contribution is 2.41. The summed E-state index contributed by atoms with van der Waals surface area (Å²) in [5, 5.41) is 17.7. The van der Waals surface area contributed by atoms with Crippen molar-refractivity contribution in [2.75, 3.05) is 18.1 Å². The number of pyridine rings is 1. The van der Waals surface area contributed by atoms with Crippen LogP contribution in [0.15, 0.2) is 10.5 Å². The first-order valence-electron chi connectivity index (χ1n) is 12.9. The third-order valence-corrected chi connectivity index (χ3v) is 5.51. The zero-order chi connectivity index (χ0) is 31.0. The van der Waals surface area contributed by atoms with Crippen LogP contribution in [0.5, 0.6) is 5.88 Å². The van der Waals surface area contributed by atoms with E-state index in [9.17, 15) is 27.9 Å². The van der Waals surface area contributed by atoms with Gasteiger partial charge in [-0.05, 0) is 74.3 Å². The lowest BCUT2D eigenvalue weighted by molar-refractivity contribution is -0.289. The van der Waals surface area contributed by atoms with Crippen molar-refractivity contribution in [2.24, 2.45) is 0 Å². The molecule has 3 heterocycles. The highest BCUT2D eigenvalue weighted by atomic mass is 19.4. The van der Waals surface area contributed by atoms with Crippen LogP contribution in [0.2, 0.25) is 0 Å². The van der Waals surface area contributed by atoms with Gasteiger partial charge < -0.3 is 28.5 Å². The number of anilines is 1. The number of aliphatic hydroxyl groups is 1. The number of carbonyl (C=O) groups excluding carboxylic acids is 2. The minimum absolute atomic E-state index is 0.0355. The second kappa shape index (κ2) is 11.4. The van der Waals surface area contributed by atoms with Gasteiger partial charge in [-0.25, -0.2) is 14.6 Å². The Morgan fingerprint density at radius 2 is 1.66 bits per heavy atom. The highest BCUT2D eigenvalue weighted by Gasteiger charge is 2.59. The second-order valence-electron chi connectivity index (χ2n) is 11.7. The summed E-state index contributed by atoms with van der Waals surface area (Å²) in [6.07, 6.45) is -7.35. The maximum absolute atomic E-state index is 14.0. The van der Waals surface area contributed by atoms with Crippen molar-refractivity contribution in [3.05, 3.63) is 17.5 Å². The van der Waals surface area contributed by atoms with Crippen molar-refractivity contribution >= 4 is 17.9 Å². The standard InChI is InChI=1S/C26H35F3N4O8/c1-14-12-16(33(21(34)40-23(3,4)5)22(35)41-24(6,7)8)17-19-31-32-20(39-19)25(36,26(27,28)29)13-37-11-9-10-15(2)38-18(14)30-17/h12,15,36H,9-11,13H2,1-8H3/t15-,25?/m1/s1. The van der Waals surface area contributed by atoms with E-state index in [1.165, 1.54) is 6.07 Å². The molecule has 0 aromatic carbocycles. The summed E-state index contributed by atoms with van der Waals surface area (Å²) in [7, 11) is 0. The van der Waals surface area contributed by atoms with Gasteiger partial charge in [-0.1, -0.05) is 0 Å². The van der Waals surface area contributed by atoms with Gasteiger partial charge in [-0.2, -0.15) is 18.1 Å². The van der Waals surface area contributed by atoms with Crippen LogP contribution in [-0.4, -0.2) is 69.2 Å². The molecule has 4 bridgehead atoms. The fraction of sp³-hybridized carbons (Fsp3) is 0.654. The number of ether oxygens (including phenoxy) is 4. The Balaban J connectivity index is 2.30. The molecule has 1 N–H and O–H groups in total. The van der Waals surface area contributed by atoms with Gasteiger partial charge in [-0.15, -0.1) is 10.2 Å². The Morgan fingerprint density at radius 1 is 1.07 bits per heavy atom. The van der Waals surface area contributed by atoms with Crippen molar-refractivity contribution in [1.82, 2.24) is 15.2 Å². The summed E-state index contributed by atoms with van der Waals surface area (Å²) >= 11 is 0. The lowest BCUT2D eigenvalue weighted by Crippen LogP contribution is -2.46. The van der Waals surface area contributed by atoms with Gasteiger partial charge in [0.25, 0.3) is 17.4 Å². The zero-order valence-corrected chi connectivity index (χ0v) is 24.2. The summed E-state index contributed by atoms with van der Waals surface area (Å²) in [5.74, 6) is -1.83. The van der Waals surface area contributed by atoms with Gasteiger partial charge >= 0.3 is 18.4 Å². The van der Waals surface area contributed by atoms with Gasteiger partial charge in [0.05, 0.1) is 18.4 Å². The number of halogens is 3. The number of imide groups is 1. The van der Waals surface area contributed by atoms with Crippen molar-refractivity contribution in [3.63, 3.8) is 0 Å². The molecule has 0 fully saturated rings. The monoisotopic (exact) mass is 588 g/mol. The van der Waals surface area contributed by atoms with Crippen molar-refractivity contribution < 1.29 is 51.2 Å². The molecule has 3 rings (SSSR count). The molecule has 2 amide bonds. The minimum Gasteiger partial charge on any atom is -0.474 e. The van der Waals surface area contributed by atoms with Gasteiger partial charge in [-0.3, -0.25) is 0 Å². The Morgan fingerprint density at radius 3 is 2.20 bits per heavy atom. The molecule has 228 valence electrons. The first kappa shape index (κ1) is 32.1. The number of aryl methyl sites for hydroxylation is 1. The maximum Gasteiger partial charge on any atom is 0.428 e. The van der Waals surface area contributed by atoms with Gasteiger partial charge in [0.1, 0.15) is 11.2 Å². The third-order valence-electron chi connectivity index (χ3n) is 5.51. The van der Waals surface area contributed by atoms with E-state index in [-0.39, 0.29) is 18.2 Å². The number of hydrogen-bond donors (Lipinski definition) is 1. The lowest BCUT2D eigenvalue weighted by atomic mass is 10.1. The summed E-state index contributed by atoms with van der Waals surface area (Å²) in [4.78, 5) is 31.6. The Labute approximate surface area is 235 Å². The average Bonchev–Trinajstić information content (AvgIpc) is 3.27. The summed E-state index contributed by atoms with van der Waals surface area (Å²) in [6.45, 7) is 11.5. The fourth-order valence-corrected chi connectivity index (χ4v) is 3.61. The number of hydrogen-bond acceptors (Lipinski definition) is 11. The Kier molecular flexibility index (Phi) is 8.94. The molecule has 1 aliphatic heterocycles. The topological polar surface area (TPSA) is 146 Å². The van der Waals surface area contributed by atoms with Gasteiger partial charge in [0.2, 0.25) is 5.88 Å². The van der Waals surface area contributed by atoms with Gasteiger partial charge in [0.15, 0.2) is 5.69 Å². The van der Waals surface area contributed by atoms with Crippen LogP contribution in [0.25, 0.3) is 11.6 Å². The van der Waals surface area contributed by atoms with E-state index in [0.29, 0.717) is 23.3 Å². The number of alkyl halides is 3. The van der Waals surface area contributed by atoms with E-state index in [1.807, 2.05) is 0 Å². The Hall–Kier alpha value is -3.46. The van der Waals surface area contributed by atoms with E-state index in [4.69, 9.17) is 23.4 Å². The second-order valence-corrected chi connectivity index (χ2v) is 11.7. The van der Waals surface area contributed by atoms with E-state index >= 15 is 0 Å². The summed E-state index contributed by atoms with van der Waals surface area (Å²) in [5.41, 5.74) is -6.06. The first-order chi connectivity index (χ1) is 18.7. The van der Waals surface area contributed by atoms with Gasteiger partial charge in [0, 0.05) is 12.2 Å². The van der Waals surface area contributed by atoms with Crippen LogP contribution in [0.4, 0.5) is 28.4 Å². The molecular weight excluding hydrogens is 553 g/mol. The molecule has 12 nitrogen and oxygen atoms in total. The van der Waals surface area contributed by atoms with Crippen LogP contribution in [0.3, 0.4) is 0 Å². The van der Waals surface area contributed by atoms with Crippen molar-refractivity contribution in [3.8, 4) is 17.5 Å². The predicted molar refractivity (Wildman–Crippen MR) is 137 cm³/mol. The molecule has 15 heteroatoms. The molecule has 1 aliphatic rings. The van der Waals surface area contributed by atoms with E-state index in [1.54, 1.807) is 55.4 Å². The van der Waals surface area contributed by atoms with E-state index in [0.717, 1.165) is 0 Å². The molecule has 0 saturated heterocycles. The molecule has 0 radical (unpaired) electrons. The molecule has 2 atom stereocenters. The molecule has 0 saturated carbocycles. The molecule has 2 aromatic rings. The number of nitrogens with zero attached hydrogens (tertiary/aromatic N) is 4. The van der Waals surface area contributed by atoms with Crippen molar-refractivity contribution in [2.45, 2.75) is 97.3 Å². The summed E-state index contributed by atoms with van der Waals surface area (Å²) in [6, 6.07) is 1.34. The normalized spacial score (nSPS) is 20.4. The number of amides is 2. The number of fused-ring (bicyclic) bond motifs is 5. The largest absolute Gasteiger partial charge is 0.474 e. The quantitative estimate of drug-likeness (QED) is 0.454. The number of aromatic nitrogens is 3. The van der Waals surface area contributed by atoms with Crippen LogP contribution < -0.4 is 9.64 Å². The zero-order valence-electron chi connectivity index (χ0n) is 24.2. The van der Waals surface area contributed by atoms with Crippen LogP contribution in [-0.2, 0) is 19.8 Å². The Bertz CT molecular complexity index is 1240. The van der Waals surface area contributed by atoms with Crippen molar-refractivity contribution in [1.29, 1.82) is 0 Å². The third kappa shape index (κ3) is 7.64. The van der Waals surface area contributed by atoms with Crippen LogP contribution in [0.1, 0.15) is 72.8 Å². The van der Waals surface area contributed by atoms with Crippen LogP contribution >= 0.6 is 0 Å². The fourth-order valence-electron chi connectivity index (χ4n) is 3.61. The summed E-state index contributed by atoms with van der Waals surface area (Å²) < 4.78 is 69.3. The highest BCUT2D eigenvalue weighted by molar-refractivity contribution is 6.11. The number of rotatable bonds is 1. The van der Waals surface area contributed by atoms with E-state index < -0.39 is 65.4 Å². The average molecular weight is 589 g/mol. The lowest BCUT2D eigenvalue weighted by Gasteiger charge is -2.29.